The quantitative estimate of drug-likeness (QED) is 0.340. The fourth-order valence-corrected chi connectivity index (χ4v) is 0. The Bertz CT molecular complexity index is 67.7. The molecule has 0 aliphatic carbocycles. The fourth-order valence-electron chi connectivity index (χ4n) is 0. The Labute approximate surface area is 63.2 Å². The van der Waals surface area contributed by atoms with Crippen LogP contribution in [0.25, 0.3) is 0 Å². The highest BCUT2D eigenvalue weighted by Crippen LogP contribution is 1.84. The predicted octanol–water partition coefficient (Wildman–Crippen LogP) is 3.00. The van der Waals surface area contributed by atoms with Gasteiger partial charge in [-0.25, -0.2) is 0 Å². The molecular formula is C4H5Cl3O. The van der Waals surface area contributed by atoms with Crippen LogP contribution in [0.3, 0.4) is 0 Å². The van der Waals surface area contributed by atoms with E-state index in [1.807, 2.05) is 0 Å². The molecule has 0 aromatic rings. The molecule has 8 heavy (non-hydrogen) atoms. The summed E-state index contributed by atoms with van der Waals surface area (Å²) in [6.45, 7) is 3.35. The molecule has 0 aliphatic rings. The van der Waals surface area contributed by atoms with Gasteiger partial charge in [0.15, 0.2) is 0 Å². The summed E-state index contributed by atoms with van der Waals surface area (Å²) in [6.07, 6.45) is 1.64. The average Bonchev–Trinajstić information content (AvgIpc) is 1.65. The molecule has 0 N–H and O–H groups in total. The van der Waals surface area contributed by atoms with Gasteiger partial charge in [0.05, 0.1) is 0 Å². The lowest BCUT2D eigenvalue weighted by Gasteiger charge is -1.55. The summed E-state index contributed by atoms with van der Waals surface area (Å²) in [7, 11) is 0. The van der Waals surface area contributed by atoms with E-state index in [1.165, 1.54) is 0 Å². The predicted molar refractivity (Wildman–Crippen MR) is 38.0 cm³/mol. The van der Waals surface area contributed by atoms with Crippen LogP contribution >= 0.6 is 34.8 Å². The summed E-state index contributed by atoms with van der Waals surface area (Å²) in [4.78, 5) is 8.98. The Kier molecular flexibility index (Phi) is 14.3. The molecule has 0 aromatic heterocycles. The molecular weight excluding hydrogens is 170 g/mol. The Hall–Kier alpha value is 0.280. The van der Waals surface area contributed by atoms with Crippen LogP contribution in [-0.2, 0) is 0 Å². The lowest BCUT2D eigenvalue weighted by molar-refractivity contribution is 0.275. The highest BCUT2D eigenvalue weighted by molar-refractivity contribution is 6.93. The summed E-state index contributed by atoms with van der Waals surface area (Å²) in [5.41, 5.74) is 0. The zero-order valence-electron chi connectivity index (χ0n) is 4.03. The zero-order chi connectivity index (χ0) is 6.99. The molecule has 1 nitrogen and oxygen atoms in total. The van der Waals surface area contributed by atoms with Crippen molar-refractivity contribution < 1.29 is 4.79 Å². The molecule has 0 aliphatic heterocycles. The molecule has 0 unspecified atom stereocenters. The maximum Gasteiger partial charge on any atom is 0.313 e. The van der Waals surface area contributed by atoms with Crippen LogP contribution in [0.15, 0.2) is 12.7 Å². The van der Waals surface area contributed by atoms with Crippen molar-refractivity contribution in [2.75, 3.05) is 5.88 Å². The maximum absolute atomic E-state index is 8.98. The third-order valence-corrected chi connectivity index (χ3v) is 0.327. The van der Waals surface area contributed by atoms with Crippen LogP contribution in [0.2, 0.25) is 0 Å². The van der Waals surface area contributed by atoms with Gasteiger partial charge in [-0.15, -0.1) is 18.2 Å². The van der Waals surface area contributed by atoms with E-state index in [2.05, 4.69) is 29.8 Å². The number of rotatable bonds is 1. The Morgan fingerprint density at radius 1 is 1.62 bits per heavy atom. The van der Waals surface area contributed by atoms with Crippen molar-refractivity contribution in [1.82, 2.24) is 0 Å². The van der Waals surface area contributed by atoms with Gasteiger partial charge in [0.1, 0.15) is 0 Å². The average molecular weight is 175 g/mol. The van der Waals surface area contributed by atoms with Crippen LogP contribution in [0.4, 0.5) is 4.79 Å². The molecule has 0 rings (SSSR count). The Morgan fingerprint density at radius 3 is 1.75 bits per heavy atom. The first-order chi connectivity index (χ1) is 3.65. The highest BCUT2D eigenvalue weighted by Gasteiger charge is 1.72. The van der Waals surface area contributed by atoms with Crippen LogP contribution in [0, 0.1) is 0 Å². The van der Waals surface area contributed by atoms with Gasteiger partial charge in [-0.2, -0.15) is 0 Å². The van der Waals surface area contributed by atoms with Crippen molar-refractivity contribution in [3.05, 3.63) is 12.7 Å². The van der Waals surface area contributed by atoms with Crippen molar-refractivity contribution >= 4 is 39.5 Å². The largest absolute Gasteiger partial charge is 0.313 e. The monoisotopic (exact) mass is 174 g/mol. The van der Waals surface area contributed by atoms with E-state index in [-0.39, 0.29) is 0 Å². The number of halogens is 3. The van der Waals surface area contributed by atoms with E-state index < -0.39 is 4.70 Å². The van der Waals surface area contributed by atoms with Gasteiger partial charge >= 0.3 is 4.70 Å². The van der Waals surface area contributed by atoms with E-state index >= 15 is 0 Å². The van der Waals surface area contributed by atoms with Crippen LogP contribution < -0.4 is 0 Å². The topological polar surface area (TPSA) is 17.1 Å². The van der Waals surface area contributed by atoms with E-state index in [0.29, 0.717) is 5.88 Å². The molecule has 0 heterocycles. The van der Waals surface area contributed by atoms with Crippen LogP contribution in [0.1, 0.15) is 0 Å². The summed E-state index contributed by atoms with van der Waals surface area (Å²) >= 11 is 13.9. The molecule has 0 bridgehead atoms. The third kappa shape index (κ3) is 107. The van der Waals surface area contributed by atoms with Gasteiger partial charge in [-0.3, -0.25) is 4.79 Å². The first-order valence-electron chi connectivity index (χ1n) is 1.67. The van der Waals surface area contributed by atoms with Gasteiger partial charge in [-0.05, 0) is 23.2 Å². The molecule has 0 aromatic carbocycles. The standard InChI is InChI=1S/C3H5Cl.CCl2O/c1-2-3-4;2-1(3)4/h2H,1,3H2;. The first kappa shape index (κ1) is 11.1. The molecule has 0 radical (unpaired) electrons. The summed E-state index contributed by atoms with van der Waals surface area (Å²) in [6, 6.07) is 0. The highest BCUT2D eigenvalue weighted by atomic mass is 35.5. The van der Waals surface area contributed by atoms with Gasteiger partial charge < -0.3 is 0 Å². The van der Waals surface area contributed by atoms with Gasteiger partial charge in [0.2, 0.25) is 0 Å². The van der Waals surface area contributed by atoms with Crippen LogP contribution in [0.5, 0.6) is 0 Å². The molecule has 0 saturated carbocycles. The number of carbonyl (C=O) groups excluding carboxylic acids is 1. The first-order valence-corrected chi connectivity index (χ1v) is 2.96. The fraction of sp³-hybridized carbons (Fsp3) is 0.250. The zero-order valence-corrected chi connectivity index (χ0v) is 6.30. The molecule has 48 valence electrons. The minimum Gasteiger partial charge on any atom is -0.262 e. The lowest BCUT2D eigenvalue weighted by Crippen LogP contribution is -1.46. The van der Waals surface area contributed by atoms with Crippen molar-refractivity contribution in [3.63, 3.8) is 0 Å². The summed E-state index contributed by atoms with van der Waals surface area (Å²) < 4.78 is -0.889. The summed E-state index contributed by atoms with van der Waals surface area (Å²) in [5, 5.41) is 0. The number of carbonyl (C=O) groups is 1. The lowest BCUT2D eigenvalue weighted by atomic mass is 10.8. The Morgan fingerprint density at radius 2 is 1.75 bits per heavy atom. The van der Waals surface area contributed by atoms with Gasteiger partial charge in [0.25, 0.3) is 0 Å². The van der Waals surface area contributed by atoms with E-state index in [0.717, 1.165) is 0 Å². The van der Waals surface area contributed by atoms with E-state index in [9.17, 15) is 0 Å². The second-order valence-corrected chi connectivity index (χ2v) is 1.86. The van der Waals surface area contributed by atoms with Crippen molar-refractivity contribution in [1.29, 1.82) is 0 Å². The van der Waals surface area contributed by atoms with E-state index in [1.54, 1.807) is 6.08 Å². The number of allylic oxidation sites excluding steroid dienone is 1. The number of hydrogen-bond donors (Lipinski definition) is 0. The number of hydrogen-bond acceptors (Lipinski definition) is 1. The SMILES string of the molecule is C=CCCl.O=C(Cl)Cl. The van der Waals surface area contributed by atoms with Crippen molar-refractivity contribution in [2.45, 2.75) is 0 Å². The minimum absolute atomic E-state index is 0.556. The molecule has 0 spiro atoms. The molecule has 0 atom stereocenters. The van der Waals surface area contributed by atoms with Gasteiger partial charge in [-0.1, -0.05) is 6.08 Å². The molecule has 0 amide bonds. The summed E-state index contributed by atoms with van der Waals surface area (Å²) in [5.74, 6) is 0.556. The second-order valence-electron chi connectivity index (χ2n) is 0.669. The maximum atomic E-state index is 8.98. The van der Waals surface area contributed by atoms with Gasteiger partial charge in [0, 0.05) is 5.88 Å². The Balaban J connectivity index is 0. The number of alkyl halides is 1. The molecule has 4 heteroatoms. The van der Waals surface area contributed by atoms with Crippen LogP contribution in [-0.4, -0.2) is 10.6 Å². The molecule has 0 fully saturated rings. The smallest absolute Gasteiger partial charge is 0.262 e. The normalized spacial score (nSPS) is 6.38. The second kappa shape index (κ2) is 10.3. The minimum atomic E-state index is -0.889. The van der Waals surface area contributed by atoms with Crippen molar-refractivity contribution in [3.8, 4) is 0 Å². The molecule has 0 saturated heterocycles. The third-order valence-electron chi connectivity index (χ3n) is 0.109. The van der Waals surface area contributed by atoms with E-state index in [4.69, 9.17) is 16.4 Å². The van der Waals surface area contributed by atoms with Crippen molar-refractivity contribution in [2.24, 2.45) is 0 Å².